The molecule has 0 spiro atoms. The Balaban J connectivity index is 2.08. The van der Waals surface area contributed by atoms with E-state index in [9.17, 15) is 5.11 Å². The second-order valence-electron chi connectivity index (χ2n) is 4.62. The van der Waals surface area contributed by atoms with Crippen LogP contribution in [0.1, 0.15) is 46.5 Å². The first-order valence-electron chi connectivity index (χ1n) is 5.55. The Morgan fingerprint density at radius 3 is 2.69 bits per heavy atom. The molecule has 0 aromatic carbocycles. The molecule has 0 amide bonds. The molecule has 0 bridgehead atoms. The molecule has 0 aromatic rings. The number of rotatable bonds is 6. The predicted molar refractivity (Wildman–Crippen MR) is 55.7 cm³/mol. The van der Waals surface area contributed by atoms with E-state index in [-0.39, 0.29) is 0 Å². The monoisotopic (exact) mass is 185 g/mol. The lowest BCUT2D eigenvalue weighted by atomic mass is 10.0. The van der Waals surface area contributed by atoms with E-state index in [4.69, 9.17) is 0 Å². The zero-order valence-corrected chi connectivity index (χ0v) is 9.14. The van der Waals surface area contributed by atoms with Gasteiger partial charge < -0.3 is 10.4 Å². The van der Waals surface area contributed by atoms with Crippen LogP contribution in [-0.4, -0.2) is 23.3 Å². The highest BCUT2D eigenvalue weighted by molar-refractivity contribution is 4.94. The molecule has 1 fully saturated rings. The molecule has 1 aliphatic carbocycles. The molecule has 0 aromatic heterocycles. The molecule has 3 atom stereocenters. The highest BCUT2D eigenvalue weighted by Gasteiger charge is 2.36. The summed E-state index contributed by atoms with van der Waals surface area (Å²) in [6, 6.07) is 0.693. The van der Waals surface area contributed by atoms with E-state index in [1.165, 1.54) is 19.3 Å². The van der Waals surface area contributed by atoms with Crippen molar-refractivity contribution in [3.05, 3.63) is 0 Å². The summed E-state index contributed by atoms with van der Waals surface area (Å²) in [5.41, 5.74) is -0.515. The second-order valence-corrected chi connectivity index (χ2v) is 4.62. The highest BCUT2D eigenvalue weighted by atomic mass is 16.3. The van der Waals surface area contributed by atoms with Gasteiger partial charge in [-0.05, 0) is 32.1 Å². The Morgan fingerprint density at radius 2 is 2.15 bits per heavy atom. The summed E-state index contributed by atoms with van der Waals surface area (Å²) in [4.78, 5) is 0. The van der Waals surface area contributed by atoms with Crippen LogP contribution in [0.15, 0.2) is 0 Å². The van der Waals surface area contributed by atoms with Gasteiger partial charge in [0.05, 0.1) is 5.60 Å². The van der Waals surface area contributed by atoms with Crippen molar-refractivity contribution in [1.82, 2.24) is 5.32 Å². The molecule has 13 heavy (non-hydrogen) atoms. The largest absolute Gasteiger partial charge is 0.389 e. The molecule has 1 aliphatic rings. The molecule has 0 saturated heterocycles. The van der Waals surface area contributed by atoms with Crippen LogP contribution in [0.5, 0.6) is 0 Å². The van der Waals surface area contributed by atoms with Gasteiger partial charge in [0, 0.05) is 12.6 Å². The first kappa shape index (κ1) is 11.0. The molecule has 0 heterocycles. The van der Waals surface area contributed by atoms with Crippen LogP contribution in [0.3, 0.4) is 0 Å². The van der Waals surface area contributed by atoms with Crippen molar-refractivity contribution in [3.8, 4) is 0 Å². The van der Waals surface area contributed by atoms with Crippen molar-refractivity contribution < 1.29 is 5.11 Å². The maximum Gasteiger partial charge on any atom is 0.0741 e. The van der Waals surface area contributed by atoms with Crippen molar-refractivity contribution in [2.24, 2.45) is 5.92 Å². The van der Waals surface area contributed by atoms with Gasteiger partial charge in [0.25, 0.3) is 0 Å². The van der Waals surface area contributed by atoms with Crippen molar-refractivity contribution in [1.29, 1.82) is 0 Å². The van der Waals surface area contributed by atoms with Gasteiger partial charge in [0.2, 0.25) is 0 Å². The topological polar surface area (TPSA) is 32.3 Å². The summed E-state index contributed by atoms with van der Waals surface area (Å²) in [6.07, 6.45) is 4.76. The third-order valence-electron chi connectivity index (χ3n) is 3.09. The van der Waals surface area contributed by atoms with Crippen molar-refractivity contribution in [2.45, 2.75) is 58.1 Å². The fourth-order valence-corrected chi connectivity index (χ4v) is 1.66. The summed E-state index contributed by atoms with van der Waals surface area (Å²) in [5, 5.41) is 13.2. The van der Waals surface area contributed by atoms with Gasteiger partial charge >= 0.3 is 0 Å². The van der Waals surface area contributed by atoms with Crippen LogP contribution in [-0.2, 0) is 0 Å². The number of hydrogen-bond donors (Lipinski definition) is 2. The zero-order valence-electron chi connectivity index (χ0n) is 9.14. The van der Waals surface area contributed by atoms with E-state index in [1.54, 1.807) is 0 Å². The number of hydrogen-bond acceptors (Lipinski definition) is 2. The Hall–Kier alpha value is -0.0800. The van der Waals surface area contributed by atoms with E-state index < -0.39 is 5.60 Å². The lowest BCUT2D eigenvalue weighted by Gasteiger charge is -2.21. The average Bonchev–Trinajstić information content (AvgIpc) is 2.82. The third kappa shape index (κ3) is 3.65. The predicted octanol–water partition coefficient (Wildman–Crippen LogP) is 1.93. The minimum atomic E-state index is -0.515. The molecular weight excluding hydrogens is 162 g/mol. The Kier molecular flexibility index (Phi) is 3.74. The summed E-state index contributed by atoms with van der Waals surface area (Å²) >= 11 is 0. The summed E-state index contributed by atoms with van der Waals surface area (Å²) in [5.74, 6) is 0.887. The lowest BCUT2D eigenvalue weighted by Crippen LogP contribution is -2.38. The normalized spacial score (nSPS) is 31.4. The number of nitrogens with one attached hydrogen (secondary N) is 1. The van der Waals surface area contributed by atoms with Crippen LogP contribution in [0, 0.1) is 5.92 Å². The summed E-state index contributed by atoms with van der Waals surface area (Å²) in [7, 11) is 0. The minimum absolute atomic E-state index is 0.515. The molecule has 1 saturated carbocycles. The molecule has 0 radical (unpaired) electrons. The maximum atomic E-state index is 9.75. The zero-order chi connectivity index (χ0) is 9.90. The first-order chi connectivity index (χ1) is 6.09. The van der Waals surface area contributed by atoms with Gasteiger partial charge in [-0.2, -0.15) is 0 Å². The van der Waals surface area contributed by atoms with Gasteiger partial charge in [0.1, 0.15) is 0 Å². The van der Waals surface area contributed by atoms with E-state index in [1.807, 2.05) is 13.8 Å². The fourth-order valence-electron chi connectivity index (χ4n) is 1.66. The average molecular weight is 185 g/mol. The van der Waals surface area contributed by atoms with Crippen LogP contribution >= 0.6 is 0 Å². The smallest absolute Gasteiger partial charge is 0.0741 e. The quantitative estimate of drug-likeness (QED) is 0.662. The van der Waals surface area contributed by atoms with Crippen LogP contribution in [0.4, 0.5) is 0 Å². The number of aliphatic hydroxyl groups is 1. The van der Waals surface area contributed by atoms with E-state index in [0.717, 1.165) is 18.9 Å². The molecular formula is C11H23NO. The van der Waals surface area contributed by atoms with Gasteiger partial charge in [-0.25, -0.2) is 0 Å². The van der Waals surface area contributed by atoms with Gasteiger partial charge in [-0.1, -0.05) is 20.3 Å². The van der Waals surface area contributed by atoms with Crippen LogP contribution in [0.25, 0.3) is 0 Å². The minimum Gasteiger partial charge on any atom is -0.389 e. The first-order valence-corrected chi connectivity index (χ1v) is 5.55. The summed E-state index contributed by atoms with van der Waals surface area (Å²) < 4.78 is 0. The Morgan fingerprint density at radius 1 is 1.46 bits per heavy atom. The molecule has 3 unspecified atom stereocenters. The van der Waals surface area contributed by atoms with Crippen molar-refractivity contribution in [2.75, 3.05) is 6.54 Å². The molecule has 2 nitrogen and oxygen atoms in total. The molecule has 2 heteroatoms. The standard InChI is InChI=1S/C11H23NO/c1-4-6-9-7-10(9)12-8-11(3,13)5-2/h9-10,12-13H,4-8H2,1-3H3. The van der Waals surface area contributed by atoms with Crippen LogP contribution < -0.4 is 5.32 Å². The summed E-state index contributed by atoms with van der Waals surface area (Å²) in [6.45, 7) is 6.90. The van der Waals surface area contributed by atoms with Gasteiger partial charge in [0.15, 0.2) is 0 Å². The van der Waals surface area contributed by atoms with E-state index >= 15 is 0 Å². The molecule has 1 rings (SSSR count). The van der Waals surface area contributed by atoms with Gasteiger partial charge in [-0.15, -0.1) is 0 Å². The fraction of sp³-hybridized carbons (Fsp3) is 1.00. The van der Waals surface area contributed by atoms with E-state index in [2.05, 4.69) is 12.2 Å². The van der Waals surface area contributed by atoms with E-state index in [0.29, 0.717) is 6.04 Å². The van der Waals surface area contributed by atoms with Gasteiger partial charge in [-0.3, -0.25) is 0 Å². The Bertz CT molecular complexity index is 156. The molecule has 0 aliphatic heterocycles. The van der Waals surface area contributed by atoms with Crippen molar-refractivity contribution in [3.63, 3.8) is 0 Å². The molecule has 2 N–H and O–H groups in total. The van der Waals surface area contributed by atoms with Crippen LogP contribution in [0.2, 0.25) is 0 Å². The molecule has 78 valence electrons. The SMILES string of the molecule is CCCC1CC1NCC(C)(O)CC. The maximum absolute atomic E-state index is 9.75. The lowest BCUT2D eigenvalue weighted by molar-refractivity contribution is 0.0551. The Labute approximate surface area is 81.7 Å². The highest BCUT2D eigenvalue weighted by Crippen LogP contribution is 2.34. The van der Waals surface area contributed by atoms with Crippen molar-refractivity contribution >= 4 is 0 Å². The second kappa shape index (κ2) is 4.43. The third-order valence-corrected chi connectivity index (χ3v) is 3.09.